The smallest absolute Gasteiger partial charge is 0.264 e. The van der Waals surface area contributed by atoms with Gasteiger partial charge in [-0.15, -0.1) is 0 Å². The fourth-order valence-electron chi connectivity index (χ4n) is 4.50. The van der Waals surface area contributed by atoms with Crippen LogP contribution in [0, 0.1) is 17.2 Å². The van der Waals surface area contributed by atoms with Crippen LogP contribution in [0.1, 0.15) is 56.8 Å². The molecule has 2 saturated heterocycles. The number of hydrogen-bond donors (Lipinski definition) is 3. The lowest BCUT2D eigenvalue weighted by Gasteiger charge is -2.16. The summed E-state index contributed by atoms with van der Waals surface area (Å²) in [5.74, 6) is -0.280. The Bertz CT molecular complexity index is 1060. The molecular weight excluding hydrogens is 500 g/mol. The number of anilines is 1. The van der Waals surface area contributed by atoms with E-state index in [1.165, 1.54) is 29.5 Å². The molecule has 0 bridgehead atoms. The van der Waals surface area contributed by atoms with Gasteiger partial charge in [-0.05, 0) is 76.4 Å². The zero-order valence-corrected chi connectivity index (χ0v) is 23.5. The molecule has 9 nitrogen and oxygen atoms in total. The van der Waals surface area contributed by atoms with Crippen molar-refractivity contribution in [3.63, 3.8) is 0 Å². The Labute approximate surface area is 230 Å². The van der Waals surface area contributed by atoms with Crippen molar-refractivity contribution >= 4 is 35.2 Å². The van der Waals surface area contributed by atoms with Crippen LogP contribution in [0.25, 0.3) is 0 Å². The maximum absolute atomic E-state index is 13.1. The Hall–Kier alpha value is -3.03. The molecule has 2 aliphatic heterocycles. The van der Waals surface area contributed by atoms with Crippen LogP contribution < -0.4 is 16.0 Å². The minimum Gasteiger partial charge on any atom is -0.383 e. The predicted octanol–water partition coefficient (Wildman–Crippen LogP) is 3.18. The maximum atomic E-state index is 13.1. The highest BCUT2D eigenvalue weighted by Crippen LogP contribution is 2.37. The van der Waals surface area contributed by atoms with Crippen molar-refractivity contribution in [2.24, 2.45) is 5.92 Å². The fraction of sp³-hybridized carbons (Fsp3) is 0.571. The Morgan fingerprint density at radius 3 is 2.63 bits per heavy atom. The van der Waals surface area contributed by atoms with Crippen LogP contribution in [-0.4, -0.2) is 78.6 Å². The number of benzene rings is 1. The van der Waals surface area contributed by atoms with E-state index in [2.05, 4.69) is 34.7 Å². The summed E-state index contributed by atoms with van der Waals surface area (Å²) in [5.41, 5.74) is 1.26. The number of nitrogens with one attached hydrogen (secondary N) is 3. The van der Waals surface area contributed by atoms with Crippen LogP contribution in [0.4, 0.5) is 5.69 Å². The number of nitriles is 1. The first-order valence-electron chi connectivity index (χ1n) is 13.6. The minimum absolute atomic E-state index is 0.0279. The third kappa shape index (κ3) is 8.23. The molecule has 0 aromatic heterocycles. The Morgan fingerprint density at radius 2 is 1.95 bits per heavy atom. The van der Waals surface area contributed by atoms with Crippen LogP contribution in [0.5, 0.6) is 0 Å². The highest BCUT2D eigenvalue weighted by molar-refractivity contribution is 8.04. The highest BCUT2D eigenvalue weighted by Gasteiger charge is 2.38. The molecule has 1 aromatic rings. The van der Waals surface area contributed by atoms with Crippen LogP contribution in [0.15, 0.2) is 34.9 Å². The number of hydrogen-bond acceptors (Lipinski definition) is 7. The lowest BCUT2D eigenvalue weighted by Crippen LogP contribution is -2.33. The number of likely N-dealkylation sites (tertiary alicyclic amines) is 1. The van der Waals surface area contributed by atoms with Crippen molar-refractivity contribution in [2.75, 3.05) is 51.1 Å². The lowest BCUT2D eigenvalue weighted by molar-refractivity contribution is -0.127. The summed E-state index contributed by atoms with van der Waals surface area (Å²) in [6.07, 6.45) is 4.26. The van der Waals surface area contributed by atoms with E-state index in [1.54, 1.807) is 12.1 Å². The third-order valence-electron chi connectivity index (χ3n) is 6.67. The Morgan fingerprint density at radius 1 is 1.18 bits per heavy atom. The van der Waals surface area contributed by atoms with E-state index in [4.69, 9.17) is 0 Å². The molecule has 1 atom stereocenters. The molecule has 2 aliphatic rings. The number of carbonyl (C=O) groups excluding carboxylic acids is 3. The summed E-state index contributed by atoms with van der Waals surface area (Å²) >= 11 is 1.23. The minimum atomic E-state index is -0.486. The van der Waals surface area contributed by atoms with E-state index in [1.807, 2.05) is 25.1 Å². The summed E-state index contributed by atoms with van der Waals surface area (Å²) in [6, 6.07) is 9.21. The van der Waals surface area contributed by atoms with Crippen molar-refractivity contribution in [2.45, 2.75) is 51.7 Å². The molecule has 1 unspecified atom stereocenters. The highest BCUT2D eigenvalue weighted by atomic mass is 32.2. The molecule has 10 heteroatoms. The van der Waals surface area contributed by atoms with Gasteiger partial charge in [-0.25, -0.2) is 0 Å². The normalized spacial score (nSPS) is 19.0. The second-order valence-corrected chi connectivity index (χ2v) is 11.2. The van der Waals surface area contributed by atoms with E-state index in [-0.39, 0.29) is 17.4 Å². The van der Waals surface area contributed by atoms with Crippen molar-refractivity contribution in [1.82, 2.24) is 20.4 Å². The van der Waals surface area contributed by atoms with Crippen LogP contribution in [0.3, 0.4) is 0 Å². The lowest BCUT2D eigenvalue weighted by atomic mass is 10.1. The standard InChI is InChI=1S/C28H40N6O3S/c1-4-34-27(37)24(38-28(34)23(18-29)26(36)31-13-11-20(2)3)19-32-22-10-7-9-21(17-22)25(35)30-12-8-16-33-14-5-6-15-33/h7,9-10,17,20,24,32H,4-6,8,11-16,19H2,1-3H3,(H,30,35)(H,31,36)/b28-23-. The van der Waals surface area contributed by atoms with Gasteiger partial charge in [0.15, 0.2) is 0 Å². The first-order chi connectivity index (χ1) is 18.3. The van der Waals surface area contributed by atoms with Gasteiger partial charge >= 0.3 is 0 Å². The van der Waals surface area contributed by atoms with Gasteiger partial charge in [0.25, 0.3) is 11.8 Å². The molecule has 3 N–H and O–H groups in total. The van der Waals surface area contributed by atoms with E-state index in [0.717, 1.165) is 38.2 Å². The average molecular weight is 541 g/mol. The van der Waals surface area contributed by atoms with Gasteiger partial charge in [-0.3, -0.25) is 14.4 Å². The molecule has 1 aromatic carbocycles. The van der Waals surface area contributed by atoms with E-state index in [9.17, 15) is 19.6 Å². The monoisotopic (exact) mass is 540 g/mol. The molecule has 0 aliphatic carbocycles. The molecule has 3 rings (SSSR count). The molecular formula is C28H40N6O3S. The molecule has 0 radical (unpaired) electrons. The van der Waals surface area contributed by atoms with Crippen molar-refractivity contribution < 1.29 is 14.4 Å². The van der Waals surface area contributed by atoms with Gasteiger partial charge in [0, 0.05) is 37.4 Å². The van der Waals surface area contributed by atoms with Gasteiger partial charge in [0.05, 0.1) is 0 Å². The molecule has 206 valence electrons. The maximum Gasteiger partial charge on any atom is 0.264 e. The first-order valence-corrected chi connectivity index (χ1v) is 14.5. The summed E-state index contributed by atoms with van der Waals surface area (Å²) < 4.78 is 0. The predicted molar refractivity (Wildman–Crippen MR) is 151 cm³/mol. The SMILES string of the molecule is CCN1C(=O)C(CNc2cccc(C(=O)NCCCN3CCCC3)c2)S/C1=C(/C#N)C(=O)NCCC(C)C. The van der Waals surface area contributed by atoms with Gasteiger partial charge in [-0.1, -0.05) is 31.7 Å². The largest absolute Gasteiger partial charge is 0.383 e. The second kappa shape index (κ2) is 14.8. The Kier molecular flexibility index (Phi) is 11.5. The second-order valence-electron chi connectivity index (χ2n) is 10.0. The number of rotatable bonds is 13. The van der Waals surface area contributed by atoms with Crippen molar-refractivity contribution in [3.8, 4) is 6.07 Å². The van der Waals surface area contributed by atoms with Gasteiger partial charge in [-0.2, -0.15) is 5.26 Å². The quantitative estimate of drug-likeness (QED) is 0.200. The van der Waals surface area contributed by atoms with Crippen LogP contribution >= 0.6 is 11.8 Å². The fourth-order valence-corrected chi connectivity index (χ4v) is 5.76. The van der Waals surface area contributed by atoms with E-state index >= 15 is 0 Å². The number of nitrogens with zero attached hydrogens (tertiary/aromatic N) is 3. The molecule has 2 heterocycles. The van der Waals surface area contributed by atoms with E-state index < -0.39 is 11.2 Å². The molecule has 0 saturated carbocycles. The summed E-state index contributed by atoms with van der Waals surface area (Å²) in [4.78, 5) is 42.3. The average Bonchev–Trinajstić information content (AvgIpc) is 3.53. The van der Waals surface area contributed by atoms with E-state index in [0.29, 0.717) is 42.7 Å². The summed E-state index contributed by atoms with van der Waals surface area (Å²) in [7, 11) is 0. The third-order valence-corrected chi connectivity index (χ3v) is 7.97. The zero-order chi connectivity index (χ0) is 27.5. The topological polar surface area (TPSA) is 118 Å². The van der Waals surface area contributed by atoms with Crippen LogP contribution in [-0.2, 0) is 9.59 Å². The number of amides is 3. The van der Waals surface area contributed by atoms with Gasteiger partial charge in [0.1, 0.15) is 21.9 Å². The van der Waals surface area contributed by atoms with Crippen molar-refractivity contribution in [3.05, 3.63) is 40.4 Å². The van der Waals surface area contributed by atoms with Crippen LogP contribution in [0.2, 0.25) is 0 Å². The molecule has 3 amide bonds. The summed E-state index contributed by atoms with van der Waals surface area (Å²) in [5, 5.41) is 18.7. The summed E-state index contributed by atoms with van der Waals surface area (Å²) in [6.45, 7) is 11.1. The Balaban J connectivity index is 1.56. The number of thioether (sulfide) groups is 1. The van der Waals surface area contributed by atoms with Crippen molar-refractivity contribution in [1.29, 1.82) is 5.26 Å². The molecule has 38 heavy (non-hydrogen) atoms. The molecule has 2 fully saturated rings. The number of carbonyl (C=O) groups is 3. The van der Waals surface area contributed by atoms with Gasteiger partial charge < -0.3 is 25.8 Å². The first kappa shape index (κ1) is 29.5. The zero-order valence-electron chi connectivity index (χ0n) is 22.7. The van der Waals surface area contributed by atoms with Gasteiger partial charge in [0.2, 0.25) is 5.91 Å². The molecule has 0 spiro atoms.